The van der Waals surface area contributed by atoms with Crippen molar-refractivity contribution in [3.05, 3.63) is 0 Å². The number of hydroxylamine groups is 2. The van der Waals surface area contributed by atoms with E-state index in [2.05, 4.69) is 4.40 Å². The number of carbonyl (C=O) groups is 1. The number of nitrogens with zero attached hydrogens (tertiary/aromatic N) is 2. The predicted octanol–water partition coefficient (Wildman–Crippen LogP) is -0.187. The van der Waals surface area contributed by atoms with E-state index in [-0.39, 0.29) is 0 Å². The van der Waals surface area contributed by atoms with Gasteiger partial charge in [-0.15, -0.1) is 8.68 Å². The number of nitrogens with two attached hydrogens (primary N) is 1. The van der Waals surface area contributed by atoms with Crippen molar-refractivity contribution in [1.29, 1.82) is 0 Å². The van der Waals surface area contributed by atoms with E-state index in [4.69, 9.17) is 15.1 Å². The van der Waals surface area contributed by atoms with Gasteiger partial charge in [-0.3, -0.25) is 4.79 Å². The molecule has 7 nitrogen and oxygen atoms in total. The number of hydrogen-bond acceptors (Lipinski definition) is 5. The Balaban J connectivity index is 2.15. The maximum atomic E-state index is 10.9. The van der Waals surface area contributed by atoms with Crippen molar-refractivity contribution < 1.29 is 18.4 Å². The molecule has 0 saturated carbocycles. The number of carboxylic acid groups (broad SMARTS) is 1. The Bertz CT molecular complexity index is 320. The summed E-state index contributed by atoms with van der Waals surface area (Å²) in [4.78, 5) is 10.4. The molecule has 2 atom stereocenters. The molecule has 1 rings (SSSR count). The van der Waals surface area contributed by atoms with Crippen molar-refractivity contribution in [3.63, 3.8) is 0 Å². The highest BCUT2D eigenvalue weighted by Gasteiger charge is 2.19. The minimum Gasteiger partial charge on any atom is -0.480 e. The lowest BCUT2D eigenvalue weighted by molar-refractivity contribution is -0.138. The van der Waals surface area contributed by atoms with Gasteiger partial charge >= 0.3 is 17.2 Å². The first kappa shape index (κ1) is 13.1. The summed E-state index contributed by atoms with van der Waals surface area (Å²) in [6.45, 7) is 2.24. The fourth-order valence-corrected chi connectivity index (χ4v) is 1.92. The quantitative estimate of drug-likeness (QED) is 0.632. The van der Waals surface area contributed by atoms with Crippen LogP contribution < -0.4 is 5.73 Å². The second-order valence-corrected chi connectivity index (χ2v) is 4.24. The van der Waals surface area contributed by atoms with Crippen LogP contribution in [0, 0.1) is 0 Å². The van der Waals surface area contributed by atoms with Gasteiger partial charge in [0, 0.05) is 6.54 Å². The summed E-state index contributed by atoms with van der Waals surface area (Å²) in [7, 11) is 0. The van der Waals surface area contributed by atoms with E-state index in [1.54, 1.807) is 6.92 Å². The van der Waals surface area contributed by atoms with Crippen molar-refractivity contribution in [2.75, 3.05) is 6.54 Å². The Morgan fingerprint density at radius 3 is 2.88 bits per heavy atom. The van der Waals surface area contributed by atoms with E-state index in [9.17, 15) is 9.00 Å². The maximum absolute atomic E-state index is 10.9. The molecular formula is C8H15N3O4S. The van der Waals surface area contributed by atoms with E-state index in [0.29, 0.717) is 31.6 Å². The standard InChI is InChI=1S/C8H15N3O4S/c1-6-10-16(14)15-11(6)5-3-2-4-7(9)8(12)13/h7H,2-5,9H2,1H3,(H,12,13). The highest BCUT2D eigenvalue weighted by atomic mass is 32.2. The highest BCUT2D eigenvalue weighted by molar-refractivity contribution is 7.79. The van der Waals surface area contributed by atoms with Crippen LogP contribution in [0.1, 0.15) is 26.2 Å². The Morgan fingerprint density at radius 1 is 1.69 bits per heavy atom. The van der Waals surface area contributed by atoms with Crippen LogP contribution in [-0.2, 0) is 20.3 Å². The number of hydrogen-bond donors (Lipinski definition) is 2. The van der Waals surface area contributed by atoms with Gasteiger partial charge < -0.3 is 10.8 Å². The van der Waals surface area contributed by atoms with E-state index < -0.39 is 23.3 Å². The van der Waals surface area contributed by atoms with E-state index >= 15 is 0 Å². The van der Waals surface area contributed by atoms with Crippen LogP contribution in [0.3, 0.4) is 0 Å². The van der Waals surface area contributed by atoms with Gasteiger partial charge in [0.25, 0.3) is 0 Å². The minimum absolute atomic E-state index is 0.419. The summed E-state index contributed by atoms with van der Waals surface area (Å²) >= 11 is -1.61. The average Bonchev–Trinajstić information content (AvgIpc) is 2.51. The fraction of sp³-hybridized carbons (Fsp3) is 0.750. The van der Waals surface area contributed by atoms with Gasteiger partial charge in [0.2, 0.25) is 0 Å². The number of rotatable bonds is 6. The van der Waals surface area contributed by atoms with Crippen LogP contribution in [0.4, 0.5) is 0 Å². The molecular weight excluding hydrogens is 234 g/mol. The minimum atomic E-state index is -1.61. The zero-order valence-electron chi connectivity index (χ0n) is 8.96. The summed E-state index contributed by atoms with van der Waals surface area (Å²) < 4.78 is 19.4. The molecule has 2 unspecified atom stereocenters. The normalized spacial score (nSPS) is 22.0. The molecule has 8 heteroatoms. The van der Waals surface area contributed by atoms with Crippen molar-refractivity contribution in [2.45, 2.75) is 32.2 Å². The fourth-order valence-electron chi connectivity index (χ4n) is 1.24. The third-order valence-corrected chi connectivity index (χ3v) is 2.89. The third kappa shape index (κ3) is 3.87. The summed E-state index contributed by atoms with van der Waals surface area (Å²) in [5, 5.41) is 10.00. The van der Waals surface area contributed by atoms with Gasteiger partial charge in [-0.1, -0.05) is 0 Å². The lowest BCUT2D eigenvalue weighted by Crippen LogP contribution is -2.30. The molecule has 0 aromatic carbocycles. The van der Waals surface area contributed by atoms with Crippen molar-refractivity contribution in [3.8, 4) is 0 Å². The second kappa shape index (κ2) is 5.92. The molecule has 1 aliphatic rings. The molecule has 3 N–H and O–H groups in total. The molecule has 92 valence electrons. The number of carboxylic acids is 1. The molecule has 0 amide bonds. The number of unbranched alkanes of at least 4 members (excludes halogenated alkanes) is 1. The summed E-state index contributed by atoms with van der Waals surface area (Å²) in [5.41, 5.74) is 5.34. The van der Waals surface area contributed by atoms with Crippen LogP contribution in [0.2, 0.25) is 0 Å². The molecule has 1 heterocycles. The Labute approximate surface area is 96.0 Å². The van der Waals surface area contributed by atoms with Crippen LogP contribution in [0.5, 0.6) is 0 Å². The molecule has 16 heavy (non-hydrogen) atoms. The van der Waals surface area contributed by atoms with Crippen LogP contribution >= 0.6 is 0 Å². The molecule has 0 fully saturated rings. The molecule has 0 saturated heterocycles. The van der Waals surface area contributed by atoms with Gasteiger partial charge in [-0.05, 0) is 26.2 Å². The van der Waals surface area contributed by atoms with Crippen molar-refractivity contribution >= 4 is 23.1 Å². The van der Waals surface area contributed by atoms with Crippen molar-refractivity contribution in [2.24, 2.45) is 10.1 Å². The first-order chi connectivity index (χ1) is 7.50. The number of amidine groups is 1. The lowest BCUT2D eigenvalue weighted by atomic mass is 10.1. The Morgan fingerprint density at radius 2 is 2.38 bits per heavy atom. The second-order valence-electron chi connectivity index (χ2n) is 3.47. The molecule has 0 spiro atoms. The molecule has 0 aromatic rings. The monoisotopic (exact) mass is 249 g/mol. The SMILES string of the molecule is CC1=NS(=O)ON1CCCCC(N)C(=O)O. The molecule has 1 aliphatic heterocycles. The summed E-state index contributed by atoms with van der Waals surface area (Å²) in [6, 6.07) is -0.816. The van der Waals surface area contributed by atoms with Gasteiger partial charge in [0.1, 0.15) is 11.9 Å². The Hall–Kier alpha value is -0.990. The molecule has 0 aliphatic carbocycles. The van der Waals surface area contributed by atoms with E-state index in [1.807, 2.05) is 0 Å². The zero-order valence-corrected chi connectivity index (χ0v) is 9.77. The first-order valence-electron chi connectivity index (χ1n) is 4.92. The predicted molar refractivity (Wildman–Crippen MR) is 58.5 cm³/mol. The number of aliphatic carboxylic acids is 1. The largest absolute Gasteiger partial charge is 0.480 e. The third-order valence-electron chi connectivity index (χ3n) is 2.16. The highest BCUT2D eigenvalue weighted by Crippen LogP contribution is 2.10. The molecule has 0 bridgehead atoms. The van der Waals surface area contributed by atoms with E-state index in [0.717, 1.165) is 0 Å². The topological polar surface area (TPSA) is 105 Å². The average molecular weight is 249 g/mol. The smallest absolute Gasteiger partial charge is 0.320 e. The lowest BCUT2D eigenvalue weighted by Gasteiger charge is -2.14. The van der Waals surface area contributed by atoms with Crippen LogP contribution in [0.25, 0.3) is 0 Å². The first-order valence-corrected chi connectivity index (χ1v) is 5.95. The van der Waals surface area contributed by atoms with Crippen LogP contribution in [0.15, 0.2) is 4.40 Å². The molecule has 0 aromatic heterocycles. The zero-order chi connectivity index (χ0) is 12.1. The van der Waals surface area contributed by atoms with Crippen molar-refractivity contribution in [1.82, 2.24) is 5.06 Å². The summed E-state index contributed by atoms with van der Waals surface area (Å²) in [6.07, 6.45) is 1.81. The van der Waals surface area contributed by atoms with Crippen LogP contribution in [-0.4, -0.2) is 38.8 Å². The Kier molecular flexibility index (Phi) is 4.84. The molecule has 0 radical (unpaired) electrons. The summed E-state index contributed by atoms with van der Waals surface area (Å²) in [5.74, 6) is -0.419. The maximum Gasteiger partial charge on any atom is 0.320 e. The van der Waals surface area contributed by atoms with Gasteiger partial charge in [0.05, 0.1) is 0 Å². The van der Waals surface area contributed by atoms with Gasteiger partial charge in [-0.25, -0.2) is 9.27 Å². The van der Waals surface area contributed by atoms with Gasteiger partial charge in [-0.2, -0.15) is 0 Å². The van der Waals surface area contributed by atoms with Gasteiger partial charge in [0.15, 0.2) is 0 Å². The van der Waals surface area contributed by atoms with E-state index in [1.165, 1.54) is 5.06 Å².